The van der Waals surface area contributed by atoms with Crippen molar-refractivity contribution in [2.75, 3.05) is 0 Å². The van der Waals surface area contributed by atoms with Gasteiger partial charge in [0.05, 0.1) is 6.04 Å². The van der Waals surface area contributed by atoms with Crippen LogP contribution in [0.4, 0.5) is 0 Å². The number of nitrogens with zero attached hydrogens (tertiary/aromatic N) is 3. The fourth-order valence-corrected chi connectivity index (χ4v) is 2.62. The molecule has 0 aliphatic carbocycles. The number of fused-ring (bicyclic) bond motifs is 1. The molecule has 1 amide bonds. The van der Waals surface area contributed by atoms with E-state index in [1.807, 2.05) is 60.0 Å². The summed E-state index contributed by atoms with van der Waals surface area (Å²) in [6, 6.07) is 13.2. The van der Waals surface area contributed by atoms with Crippen molar-refractivity contribution in [2.45, 2.75) is 39.2 Å². The topological polar surface area (TPSA) is 59.3 Å². The van der Waals surface area contributed by atoms with E-state index in [1.54, 1.807) is 0 Å². The molecule has 0 saturated heterocycles. The molecule has 2 heterocycles. The molecule has 0 radical (unpaired) electrons. The molecule has 0 spiro atoms. The van der Waals surface area contributed by atoms with E-state index >= 15 is 0 Å². The van der Waals surface area contributed by atoms with Gasteiger partial charge in [0, 0.05) is 11.8 Å². The summed E-state index contributed by atoms with van der Waals surface area (Å²) >= 11 is 0. The SMILES string of the molecule is CC(NC(=O)c1ccc(C(C)(C)C)cc1)c1nnc2ccccn12. The van der Waals surface area contributed by atoms with Crippen LogP contribution >= 0.6 is 0 Å². The van der Waals surface area contributed by atoms with Gasteiger partial charge < -0.3 is 5.32 Å². The molecular formula is C19H22N4O. The molecule has 5 heteroatoms. The monoisotopic (exact) mass is 322 g/mol. The minimum atomic E-state index is -0.239. The van der Waals surface area contributed by atoms with E-state index in [-0.39, 0.29) is 17.4 Å². The van der Waals surface area contributed by atoms with E-state index < -0.39 is 0 Å². The van der Waals surface area contributed by atoms with Gasteiger partial charge in [-0.05, 0) is 42.2 Å². The van der Waals surface area contributed by atoms with Gasteiger partial charge in [0.25, 0.3) is 5.91 Å². The van der Waals surface area contributed by atoms with E-state index in [9.17, 15) is 4.79 Å². The van der Waals surface area contributed by atoms with Gasteiger partial charge in [0.2, 0.25) is 0 Å². The zero-order chi connectivity index (χ0) is 17.3. The molecule has 0 saturated carbocycles. The van der Waals surface area contributed by atoms with Crippen molar-refractivity contribution < 1.29 is 4.79 Å². The second kappa shape index (κ2) is 6.07. The van der Waals surface area contributed by atoms with Gasteiger partial charge in [-0.3, -0.25) is 9.20 Å². The Morgan fingerprint density at radius 2 is 1.79 bits per heavy atom. The van der Waals surface area contributed by atoms with E-state index in [0.717, 1.165) is 5.65 Å². The maximum atomic E-state index is 12.5. The summed E-state index contributed by atoms with van der Waals surface area (Å²) in [7, 11) is 0. The number of benzene rings is 1. The van der Waals surface area contributed by atoms with Crippen LogP contribution in [0.5, 0.6) is 0 Å². The minimum absolute atomic E-state index is 0.0722. The average Bonchev–Trinajstić information content (AvgIpc) is 2.98. The smallest absolute Gasteiger partial charge is 0.251 e. The van der Waals surface area contributed by atoms with Gasteiger partial charge in [0.15, 0.2) is 11.5 Å². The van der Waals surface area contributed by atoms with Crippen molar-refractivity contribution in [3.05, 3.63) is 65.6 Å². The highest BCUT2D eigenvalue weighted by Gasteiger charge is 2.18. The number of pyridine rings is 1. The lowest BCUT2D eigenvalue weighted by Crippen LogP contribution is -2.28. The van der Waals surface area contributed by atoms with Crippen molar-refractivity contribution >= 4 is 11.6 Å². The first-order chi connectivity index (χ1) is 11.4. The third kappa shape index (κ3) is 3.15. The molecule has 1 N–H and O–H groups in total. The van der Waals surface area contributed by atoms with Crippen molar-refractivity contribution in [1.82, 2.24) is 19.9 Å². The molecule has 0 aliphatic rings. The van der Waals surface area contributed by atoms with Gasteiger partial charge in [0.1, 0.15) is 0 Å². The largest absolute Gasteiger partial charge is 0.342 e. The molecule has 1 unspecified atom stereocenters. The lowest BCUT2D eigenvalue weighted by atomic mass is 9.86. The van der Waals surface area contributed by atoms with Gasteiger partial charge >= 0.3 is 0 Å². The number of aromatic nitrogens is 3. The third-order valence-electron chi connectivity index (χ3n) is 4.09. The first-order valence-corrected chi connectivity index (χ1v) is 8.07. The van der Waals surface area contributed by atoms with E-state index in [4.69, 9.17) is 0 Å². The van der Waals surface area contributed by atoms with Crippen molar-refractivity contribution in [2.24, 2.45) is 0 Å². The van der Waals surface area contributed by atoms with Crippen LogP contribution in [0.15, 0.2) is 48.7 Å². The van der Waals surface area contributed by atoms with Crippen molar-refractivity contribution in [1.29, 1.82) is 0 Å². The fraction of sp³-hybridized carbons (Fsp3) is 0.316. The predicted octanol–water partition coefficient (Wildman–Crippen LogP) is 3.52. The van der Waals surface area contributed by atoms with Crippen LogP contribution in [0.2, 0.25) is 0 Å². The zero-order valence-electron chi connectivity index (χ0n) is 14.4. The molecule has 1 atom stereocenters. The van der Waals surface area contributed by atoms with E-state index in [1.165, 1.54) is 5.56 Å². The van der Waals surface area contributed by atoms with E-state index in [0.29, 0.717) is 11.4 Å². The highest BCUT2D eigenvalue weighted by atomic mass is 16.1. The van der Waals surface area contributed by atoms with Crippen LogP contribution in [0.3, 0.4) is 0 Å². The Balaban J connectivity index is 1.77. The normalized spacial score (nSPS) is 13.0. The Labute approximate surface area is 141 Å². The molecule has 0 bridgehead atoms. The molecule has 3 rings (SSSR count). The molecule has 1 aromatic carbocycles. The lowest BCUT2D eigenvalue weighted by molar-refractivity contribution is 0.0938. The number of hydrogen-bond acceptors (Lipinski definition) is 3. The highest BCUT2D eigenvalue weighted by Crippen LogP contribution is 2.22. The Kier molecular flexibility index (Phi) is 4.09. The fourth-order valence-electron chi connectivity index (χ4n) is 2.62. The summed E-state index contributed by atoms with van der Waals surface area (Å²) in [5.41, 5.74) is 2.69. The third-order valence-corrected chi connectivity index (χ3v) is 4.09. The molecule has 0 aliphatic heterocycles. The number of hydrogen-bond donors (Lipinski definition) is 1. The summed E-state index contributed by atoms with van der Waals surface area (Å²) in [4.78, 5) is 12.5. The second-order valence-corrected chi connectivity index (χ2v) is 7.01. The Bertz CT molecular complexity index is 859. The molecule has 5 nitrogen and oxygen atoms in total. The van der Waals surface area contributed by atoms with Crippen LogP contribution in [-0.2, 0) is 5.41 Å². The summed E-state index contributed by atoms with van der Waals surface area (Å²) in [6.07, 6.45) is 1.89. The predicted molar refractivity (Wildman–Crippen MR) is 94.0 cm³/mol. The average molecular weight is 322 g/mol. The molecular weight excluding hydrogens is 300 g/mol. The molecule has 24 heavy (non-hydrogen) atoms. The van der Waals surface area contributed by atoms with Crippen LogP contribution < -0.4 is 5.32 Å². The summed E-state index contributed by atoms with van der Waals surface area (Å²) < 4.78 is 1.88. The van der Waals surface area contributed by atoms with Gasteiger partial charge in [-0.1, -0.05) is 39.0 Å². The number of rotatable bonds is 3. The summed E-state index contributed by atoms with van der Waals surface area (Å²) in [5, 5.41) is 11.3. The zero-order valence-corrected chi connectivity index (χ0v) is 14.4. The second-order valence-electron chi connectivity index (χ2n) is 7.01. The first kappa shape index (κ1) is 16.2. The highest BCUT2D eigenvalue weighted by molar-refractivity contribution is 5.94. The lowest BCUT2D eigenvalue weighted by Gasteiger charge is -2.19. The van der Waals surface area contributed by atoms with Gasteiger partial charge in [-0.2, -0.15) is 0 Å². The summed E-state index contributed by atoms with van der Waals surface area (Å²) in [5.74, 6) is 0.598. The molecule has 0 fully saturated rings. The Morgan fingerprint density at radius 1 is 1.08 bits per heavy atom. The standard InChI is InChI=1S/C19H22N4O/c1-13(17-22-21-16-7-5-6-12-23(16)17)20-18(24)14-8-10-15(11-9-14)19(2,3)4/h5-13H,1-4H3,(H,20,24). The number of carbonyl (C=O) groups excluding carboxylic acids is 1. The first-order valence-electron chi connectivity index (χ1n) is 8.07. The van der Waals surface area contributed by atoms with Crippen molar-refractivity contribution in [3.63, 3.8) is 0 Å². The molecule has 2 aromatic heterocycles. The summed E-state index contributed by atoms with van der Waals surface area (Å²) in [6.45, 7) is 8.37. The molecule has 124 valence electrons. The quantitative estimate of drug-likeness (QED) is 0.802. The van der Waals surface area contributed by atoms with E-state index in [2.05, 4.69) is 36.3 Å². The number of amides is 1. The minimum Gasteiger partial charge on any atom is -0.342 e. The van der Waals surface area contributed by atoms with Crippen LogP contribution in [-0.4, -0.2) is 20.5 Å². The maximum absolute atomic E-state index is 12.5. The maximum Gasteiger partial charge on any atom is 0.251 e. The molecule has 3 aromatic rings. The van der Waals surface area contributed by atoms with Crippen LogP contribution in [0.25, 0.3) is 5.65 Å². The number of carbonyl (C=O) groups is 1. The van der Waals surface area contributed by atoms with Crippen LogP contribution in [0.1, 0.15) is 55.5 Å². The Hall–Kier alpha value is -2.69. The van der Waals surface area contributed by atoms with Crippen molar-refractivity contribution in [3.8, 4) is 0 Å². The number of nitrogens with one attached hydrogen (secondary N) is 1. The van der Waals surface area contributed by atoms with Gasteiger partial charge in [-0.15, -0.1) is 10.2 Å². The Morgan fingerprint density at radius 3 is 2.46 bits per heavy atom. The van der Waals surface area contributed by atoms with Crippen LogP contribution in [0, 0.1) is 0 Å². The van der Waals surface area contributed by atoms with Gasteiger partial charge in [-0.25, -0.2) is 0 Å².